The first-order chi connectivity index (χ1) is 11.2. The predicted octanol–water partition coefficient (Wildman–Crippen LogP) is 3.50. The fourth-order valence-corrected chi connectivity index (χ4v) is 2.63. The van der Waals surface area contributed by atoms with Crippen molar-refractivity contribution in [2.24, 2.45) is 0 Å². The molecule has 0 unspecified atom stereocenters. The fourth-order valence-electron chi connectivity index (χ4n) is 2.63. The predicted molar refractivity (Wildman–Crippen MR) is 94.2 cm³/mol. The van der Waals surface area contributed by atoms with Gasteiger partial charge in [0.25, 0.3) is 5.91 Å². The van der Waals surface area contributed by atoms with E-state index in [9.17, 15) is 9.59 Å². The van der Waals surface area contributed by atoms with E-state index in [1.165, 1.54) is 0 Å². The van der Waals surface area contributed by atoms with E-state index in [4.69, 9.17) is 4.74 Å². The number of ether oxygens (including phenoxy) is 1. The SMILES string of the molecule is CC(C)c1cccc(C(=O)N2CCN(C(=O)OC(C)(C)C)CC2)c1. The van der Waals surface area contributed by atoms with Gasteiger partial charge in [0.05, 0.1) is 0 Å². The molecule has 5 heteroatoms. The Balaban J connectivity index is 1.96. The summed E-state index contributed by atoms with van der Waals surface area (Å²) in [5.74, 6) is 0.420. The molecule has 1 aromatic carbocycles. The third-order valence-electron chi connectivity index (χ3n) is 4.02. The molecule has 132 valence electrons. The van der Waals surface area contributed by atoms with Crippen LogP contribution in [-0.4, -0.2) is 53.6 Å². The maximum absolute atomic E-state index is 12.7. The summed E-state index contributed by atoms with van der Waals surface area (Å²) in [5, 5.41) is 0. The molecule has 2 amide bonds. The molecule has 0 saturated carbocycles. The van der Waals surface area contributed by atoms with Crippen LogP contribution in [0, 0.1) is 0 Å². The molecule has 0 atom stereocenters. The molecule has 0 N–H and O–H groups in total. The van der Waals surface area contributed by atoms with Gasteiger partial charge >= 0.3 is 6.09 Å². The Morgan fingerprint density at radius 1 is 1.04 bits per heavy atom. The number of carbonyl (C=O) groups is 2. The molecule has 0 bridgehead atoms. The molecule has 0 spiro atoms. The molecule has 2 rings (SSSR count). The summed E-state index contributed by atoms with van der Waals surface area (Å²) in [6.07, 6.45) is -0.309. The lowest BCUT2D eigenvalue weighted by molar-refractivity contribution is 0.0141. The van der Waals surface area contributed by atoms with Crippen molar-refractivity contribution in [2.75, 3.05) is 26.2 Å². The van der Waals surface area contributed by atoms with Crippen LogP contribution in [0.2, 0.25) is 0 Å². The monoisotopic (exact) mass is 332 g/mol. The van der Waals surface area contributed by atoms with Gasteiger partial charge in [-0.3, -0.25) is 4.79 Å². The molecule has 1 aliphatic rings. The zero-order valence-electron chi connectivity index (χ0n) is 15.3. The molecule has 24 heavy (non-hydrogen) atoms. The first-order valence-corrected chi connectivity index (χ1v) is 8.54. The second-order valence-corrected chi connectivity index (χ2v) is 7.54. The number of benzene rings is 1. The molecule has 1 saturated heterocycles. The minimum atomic E-state index is -0.499. The van der Waals surface area contributed by atoms with Crippen molar-refractivity contribution >= 4 is 12.0 Å². The van der Waals surface area contributed by atoms with E-state index in [2.05, 4.69) is 13.8 Å². The Kier molecular flexibility index (Phi) is 5.52. The van der Waals surface area contributed by atoms with Crippen molar-refractivity contribution in [2.45, 2.75) is 46.1 Å². The van der Waals surface area contributed by atoms with Crippen LogP contribution in [0.3, 0.4) is 0 Å². The van der Waals surface area contributed by atoms with Gasteiger partial charge in [0, 0.05) is 31.7 Å². The van der Waals surface area contributed by atoms with E-state index in [-0.39, 0.29) is 12.0 Å². The molecule has 1 fully saturated rings. The van der Waals surface area contributed by atoms with Crippen LogP contribution in [0.4, 0.5) is 4.79 Å². The van der Waals surface area contributed by atoms with E-state index in [1.54, 1.807) is 9.80 Å². The number of amides is 2. The average molecular weight is 332 g/mol. The summed E-state index contributed by atoms with van der Waals surface area (Å²) < 4.78 is 5.38. The third-order valence-corrected chi connectivity index (χ3v) is 4.02. The van der Waals surface area contributed by atoms with Crippen molar-refractivity contribution in [1.29, 1.82) is 0 Å². The van der Waals surface area contributed by atoms with Gasteiger partial charge in [-0.25, -0.2) is 4.79 Å². The summed E-state index contributed by atoms with van der Waals surface area (Å²) in [4.78, 5) is 28.2. The van der Waals surface area contributed by atoms with Crippen LogP contribution in [0.15, 0.2) is 24.3 Å². The Bertz CT molecular complexity index is 597. The largest absolute Gasteiger partial charge is 0.444 e. The van der Waals surface area contributed by atoms with E-state index in [0.717, 1.165) is 5.56 Å². The first-order valence-electron chi connectivity index (χ1n) is 8.54. The van der Waals surface area contributed by atoms with Crippen LogP contribution in [0.1, 0.15) is 56.5 Å². The summed E-state index contributed by atoms with van der Waals surface area (Å²) in [6.45, 7) is 11.9. The van der Waals surface area contributed by atoms with Gasteiger partial charge < -0.3 is 14.5 Å². The van der Waals surface area contributed by atoms with E-state index < -0.39 is 5.60 Å². The minimum absolute atomic E-state index is 0.0290. The lowest BCUT2D eigenvalue weighted by atomic mass is 10.0. The zero-order chi connectivity index (χ0) is 17.9. The summed E-state index contributed by atoms with van der Waals surface area (Å²) >= 11 is 0. The standard InChI is InChI=1S/C19H28N2O3/c1-14(2)15-7-6-8-16(13-15)17(22)20-9-11-21(12-10-20)18(23)24-19(3,4)5/h6-8,13-14H,9-12H2,1-5H3. The summed E-state index contributed by atoms with van der Waals surface area (Å²) in [6, 6.07) is 7.79. The number of rotatable bonds is 2. The molecule has 1 aliphatic heterocycles. The third kappa shape index (κ3) is 4.73. The van der Waals surface area contributed by atoms with Crippen molar-refractivity contribution in [3.63, 3.8) is 0 Å². The van der Waals surface area contributed by atoms with E-state index in [0.29, 0.717) is 37.7 Å². The number of nitrogens with zero attached hydrogens (tertiary/aromatic N) is 2. The number of piperazine rings is 1. The van der Waals surface area contributed by atoms with E-state index >= 15 is 0 Å². The zero-order valence-corrected chi connectivity index (χ0v) is 15.3. The number of hydrogen-bond donors (Lipinski definition) is 0. The maximum atomic E-state index is 12.7. The minimum Gasteiger partial charge on any atom is -0.444 e. The Labute approximate surface area is 144 Å². The van der Waals surface area contributed by atoms with Crippen molar-refractivity contribution in [3.05, 3.63) is 35.4 Å². The van der Waals surface area contributed by atoms with Crippen molar-refractivity contribution in [3.8, 4) is 0 Å². The molecule has 1 heterocycles. The van der Waals surface area contributed by atoms with Gasteiger partial charge in [0.15, 0.2) is 0 Å². The Hall–Kier alpha value is -2.04. The number of carbonyl (C=O) groups excluding carboxylic acids is 2. The second kappa shape index (κ2) is 7.24. The highest BCUT2D eigenvalue weighted by molar-refractivity contribution is 5.94. The highest BCUT2D eigenvalue weighted by atomic mass is 16.6. The lowest BCUT2D eigenvalue weighted by Gasteiger charge is -2.35. The molecule has 0 aromatic heterocycles. The summed E-state index contributed by atoms with van der Waals surface area (Å²) in [7, 11) is 0. The smallest absolute Gasteiger partial charge is 0.410 e. The number of hydrogen-bond acceptors (Lipinski definition) is 3. The normalized spacial score (nSPS) is 15.6. The van der Waals surface area contributed by atoms with Crippen molar-refractivity contribution in [1.82, 2.24) is 9.80 Å². The van der Waals surface area contributed by atoms with Gasteiger partial charge in [0.1, 0.15) is 5.60 Å². The topological polar surface area (TPSA) is 49.9 Å². The Morgan fingerprint density at radius 2 is 1.62 bits per heavy atom. The maximum Gasteiger partial charge on any atom is 0.410 e. The Morgan fingerprint density at radius 3 is 2.17 bits per heavy atom. The molecule has 0 radical (unpaired) electrons. The second-order valence-electron chi connectivity index (χ2n) is 7.54. The van der Waals surface area contributed by atoms with Crippen LogP contribution in [-0.2, 0) is 4.74 Å². The van der Waals surface area contributed by atoms with Crippen LogP contribution in [0.25, 0.3) is 0 Å². The molecule has 0 aliphatic carbocycles. The molecule has 5 nitrogen and oxygen atoms in total. The quantitative estimate of drug-likeness (QED) is 0.833. The average Bonchev–Trinajstić information content (AvgIpc) is 2.53. The highest BCUT2D eigenvalue weighted by Crippen LogP contribution is 2.18. The van der Waals surface area contributed by atoms with Crippen LogP contribution in [0.5, 0.6) is 0 Å². The van der Waals surface area contributed by atoms with Crippen LogP contribution < -0.4 is 0 Å². The molecular formula is C19H28N2O3. The fraction of sp³-hybridized carbons (Fsp3) is 0.579. The summed E-state index contributed by atoms with van der Waals surface area (Å²) in [5.41, 5.74) is 1.38. The van der Waals surface area contributed by atoms with Gasteiger partial charge in [-0.1, -0.05) is 26.0 Å². The van der Waals surface area contributed by atoms with Crippen LogP contribution >= 0.6 is 0 Å². The molecular weight excluding hydrogens is 304 g/mol. The molecule has 1 aromatic rings. The van der Waals surface area contributed by atoms with Gasteiger partial charge in [-0.05, 0) is 44.4 Å². The van der Waals surface area contributed by atoms with Gasteiger partial charge in [-0.2, -0.15) is 0 Å². The van der Waals surface area contributed by atoms with Crippen molar-refractivity contribution < 1.29 is 14.3 Å². The van der Waals surface area contributed by atoms with Gasteiger partial charge in [-0.15, -0.1) is 0 Å². The lowest BCUT2D eigenvalue weighted by Crippen LogP contribution is -2.51. The first kappa shape index (κ1) is 18.3. The van der Waals surface area contributed by atoms with E-state index in [1.807, 2.05) is 45.0 Å². The van der Waals surface area contributed by atoms with Gasteiger partial charge in [0.2, 0.25) is 0 Å². The highest BCUT2D eigenvalue weighted by Gasteiger charge is 2.28.